The van der Waals surface area contributed by atoms with E-state index in [1.807, 2.05) is 42.5 Å². The number of rotatable bonds is 7. The van der Waals surface area contributed by atoms with Crippen molar-refractivity contribution in [1.29, 1.82) is 0 Å². The maximum absolute atomic E-state index is 12.4. The lowest BCUT2D eigenvalue weighted by molar-refractivity contribution is -0.128. The zero-order valence-electron chi connectivity index (χ0n) is 13.8. The number of nitrogens with one attached hydrogen (secondary N) is 2. The van der Waals surface area contributed by atoms with Crippen LogP contribution in [0.5, 0.6) is 0 Å². The van der Waals surface area contributed by atoms with Crippen LogP contribution < -0.4 is 10.6 Å². The Bertz CT molecular complexity index is 677. The van der Waals surface area contributed by atoms with Gasteiger partial charge in [0.15, 0.2) is 0 Å². The first-order valence-electron chi connectivity index (χ1n) is 8.13. The quantitative estimate of drug-likeness (QED) is 0.772. The summed E-state index contributed by atoms with van der Waals surface area (Å²) in [5.74, 6) is -0.317. The van der Waals surface area contributed by atoms with Crippen molar-refractivity contribution in [2.75, 3.05) is 6.54 Å². The molecule has 0 heterocycles. The SMILES string of the molecule is CCCCNC(=O)C(Cc1cccc2ccccc12)NC(C)=O. The molecular weight excluding hydrogens is 288 g/mol. The molecule has 2 N–H and O–H groups in total. The molecule has 122 valence electrons. The number of hydrogen-bond acceptors (Lipinski definition) is 2. The molecule has 0 spiro atoms. The van der Waals surface area contributed by atoms with Crippen LogP contribution in [0.3, 0.4) is 0 Å². The first-order valence-corrected chi connectivity index (χ1v) is 8.13. The van der Waals surface area contributed by atoms with Crippen LogP contribution >= 0.6 is 0 Å². The van der Waals surface area contributed by atoms with Crippen molar-refractivity contribution in [2.45, 2.75) is 39.2 Å². The summed E-state index contributed by atoms with van der Waals surface area (Å²) in [5.41, 5.74) is 1.06. The second kappa shape index (κ2) is 8.32. The van der Waals surface area contributed by atoms with Crippen LogP contribution in [-0.4, -0.2) is 24.4 Å². The van der Waals surface area contributed by atoms with Crippen LogP contribution in [0.1, 0.15) is 32.3 Å². The largest absolute Gasteiger partial charge is 0.354 e. The number of carbonyl (C=O) groups excluding carboxylic acids is 2. The number of unbranched alkanes of at least 4 members (excludes halogenated alkanes) is 1. The number of benzene rings is 2. The van der Waals surface area contributed by atoms with E-state index in [0.717, 1.165) is 29.2 Å². The molecule has 0 saturated carbocycles. The minimum atomic E-state index is -0.546. The van der Waals surface area contributed by atoms with Crippen molar-refractivity contribution < 1.29 is 9.59 Å². The Morgan fingerprint density at radius 1 is 1.09 bits per heavy atom. The summed E-state index contributed by atoms with van der Waals surface area (Å²) >= 11 is 0. The lowest BCUT2D eigenvalue weighted by Gasteiger charge is -2.18. The van der Waals surface area contributed by atoms with Crippen LogP contribution in [-0.2, 0) is 16.0 Å². The van der Waals surface area contributed by atoms with E-state index in [-0.39, 0.29) is 11.8 Å². The van der Waals surface area contributed by atoms with E-state index >= 15 is 0 Å². The van der Waals surface area contributed by atoms with E-state index < -0.39 is 6.04 Å². The first-order chi connectivity index (χ1) is 11.1. The van der Waals surface area contributed by atoms with E-state index in [1.54, 1.807) is 0 Å². The Morgan fingerprint density at radius 2 is 1.83 bits per heavy atom. The molecule has 4 heteroatoms. The van der Waals surface area contributed by atoms with Crippen molar-refractivity contribution in [3.63, 3.8) is 0 Å². The molecule has 0 saturated heterocycles. The molecule has 0 aliphatic rings. The zero-order chi connectivity index (χ0) is 16.7. The molecule has 1 atom stereocenters. The van der Waals surface area contributed by atoms with Crippen LogP contribution in [0, 0.1) is 0 Å². The van der Waals surface area contributed by atoms with E-state index in [2.05, 4.69) is 17.6 Å². The van der Waals surface area contributed by atoms with Gasteiger partial charge in [-0.2, -0.15) is 0 Å². The number of amides is 2. The average molecular weight is 312 g/mol. The standard InChI is InChI=1S/C19H24N2O2/c1-3-4-12-20-19(23)18(21-14(2)22)13-16-10-7-9-15-8-5-6-11-17(15)16/h5-11,18H,3-4,12-13H2,1-2H3,(H,20,23)(H,21,22). The highest BCUT2D eigenvalue weighted by Gasteiger charge is 2.20. The molecule has 1 unspecified atom stereocenters. The highest BCUT2D eigenvalue weighted by Crippen LogP contribution is 2.19. The van der Waals surface area contributed by atoms with Gasteiger partial charge in [0.25, 0.3) is 0 Å². The summed E-state index contributed by atoms with van der Waals surface area (Å²) in [6.45, 7) is 4.16. The molecule has 0 fully saturated rings. The van der Waals surface area contributed by atoms with Gasteiger partial charge in [-0.15, -0.1) is 0 Å². The highest BCUT2D eigenvalue weighted by molar-refractivity contribution is 5.89. The monoisotopic (exact) mass is 312 g/mol. The highest BCUT2D eigenvalue weighted by atomic mass is 16.2. The van der Waals surface area contributed by atoms with Gasteiger partial charge >= 0.3 is 0 Å². The predicted molar refractivity (Wildman–Crippen MR) is 93.2 cm³/mol. The summed E-state index contributed by atoms with van der Waals surface area (Å²) < 4.78 is 0. The van der Waals surface area contributed by atoms with Gasteiger partial charge in [0, 0.05) is 19.9 Å². The minimum absolute atomic E-state index is 0.124. The van der Waals surface area contributed by atoms with Crippen molar-refractivity contribution >= 4 is 22.6 Å². The maximum atomic E-state index is 12.4. The van der Waals surface area contributed by atoms with E-state index in [9.17, 15) is 9.59 Å². The minimum Gasteiger partial charge on any atom is -0.354 e. The summed E-state index contributed by atoms with van der Waals surface area (Å²) in [4.78, 5) is 23.8. The third-order valence-electron chi connectivity index (χ3n) is 3.83. The van der Waals surface area contributed by atoms with Crippen molar-refractivity contribution in [1.82, 2.24) is 10.6 Å². The first kappa shape index (κ1) is 17.0. The van der Waals surface area contributed by atoms with Crippen LogP contribution in [0.2, 0.25) is 0 Å². The molecule has 2 rings (SSSR count). The lowest BCUT2D eigenvalue weighted by Crippen LogP contribution is -2.47. The molecule has 0 aliphatic carbocycles. The Morgan fingerprint density at radius 3 is 2.57 bits per heavy atom. The van der Waals surface area contributed by atoms with Crippen LogP contribution in [0.4, 0.5) is 0 Å². The molecule has 2 amide bonds. The molecule has 2 aromatic rings. The molecular formula is C19H24N2O2. The molecule has 0 radical (unpaired) electrons. The van der Waals surface area contributed by atoms with Gasteiger partial charge in [0.1, 0.15) is 6.04 Å². The predicted octanol–water partition coefficient (Wildman–Crippen LogP) is 2.80. The van der Waals surface area contributed by atoms with Gasteiger partial charge in [-0.3, -0.25) is 9.59 Å². The lowest BCUT2D eigenvalue weighted by atomic mass is 9.98. The molecule has 0 bridgehead atoms. The van der Waals surface area contributed by atoms with Gasteiger partial charge in [-0.05, 0) is 22.8 Å². The van der Waals surface area contributed by atoms with Gasteiger partial charge in [-0.25, -0.2) is 0 Å². The van der Waals surface area contributed by atoms with Gasteiger partial charge in [0.05, 0.1) is 0 Å². The fourth-order valence-corrected chi connectivity index (χ4v) is 2.66. The fourth-order valence-electron chi connectivity index (χ4n) is 2.66. The zero-order valence-corrected chi connectivity index (χ0v) is 13.8. The summed E-state index contributed by atoms with van der Waals surface area (Å²) in [6, 6.07) is 13.6. The van der Waals surface area contributed by atoms with Crippen molar-refractivity contribution in [3.05, 3.63) is 48.0 Å². The molecule has 4 nitrogen and oxygen atoms in total. The summed E-state index contributed by atoms with van der Waals surface area (Å²) in [5, 5.41) is 7.93. The Labute approximate surface area is 137 Å². The second-order valence-corrected chi connectivity index (χ2v) is 5.74. The van der Waals surface area contributed by atoms with Gasteiger partial charge in [0.2, 0.25) is 11.8 Å². The topological polar surface area (TPSA) is 58.2 Å². The van der Waals surface area contributed by atoms with E-state index in [0.29, 0.717) is 13.0 Å². The van der Waals surface area contributed by atoms with Gasteiger partial charge in [-0.1, -0.05) is 55.8 Å². The molecule has 23 heavy (non-hydrogen) atoms. The summed E-state index contributed by atoms with van der Waals surface area (Å²) in [6.07, 6.45) is 2.44. The van der Waals surface area contributed by atoms with E-state index in [4.69, 9.17) is 0 Å². The maximum Gasteiger partial charge on any atom is 0.242 e. The smallest absolute Gasteiger partial charge is 0.242 e. The number of hydrogen-bond donors (Lipinski definition) is 2. The van der Waals surface area contributed by atoms with Gasteiger partial charge < -0.3 is 10.6 Å². The number of fused-ring (bicyclic) bond motifs is 1. The molecule has 0 aliphatic heterocycles. The molecule has 0 aromatic heterocycles. The summed E-state index contributed by atoms with van der Waals surface area (Å²) in [7, 11) is 0. The van der Waals surface area contributed by atoms with Crippen molar-refractivity contribution in [2.24, 2.45) is 0 Å². The van der Waals surface area contributed by atoms with E-state index in [1.165, 1.54) is 6.92 Å². The third kappa shape index (κ3) is 4.81. The van der Waals surface area contributed by atoms with Crippen molar-refractivity contribution in [3.8, 4) is 0 Å². The Kier molecular flexibility index (Phi) is 6.15. The Hall–Kier alpha value is -2.36. The third-order valence-corrected chi connectivity index (χ3v) is 3.83. The second-order valence-electron chi connectivity index (χ2n) is 5.74. The average Bonchev–Trinajstić information content (AvgIpc) is 2.54. The number of carbonyl (C=O) groups is 2. The Balaban J connectivity index is 2.19. The fraction of sp³-hybridized carbons (Fsp3) is 0.368. The van der Waals surface area contributed by atoms with Crippen LogP contribution in [0.25, 0.3) is 10.8 Å². The molecule has 2 aromatic carbocycles. The normalized spacial score (nSPS) is 11.9. The van der Waals surface area contributed by atoms with Crippen LogP contribution in [0.15, 0.2) is 42.5 Å².